The van der Waals surface area contributed by atoms with Gasteiger partial charge in [0.1, 0.15) is 11.5 Å². The SMILES string of the molecule is CCCCOc1ccc(/C=N/Nc2cc(C)nc(-c3ccccc3O)n2)cc1. The highest BCUT2D eigenvalue weighted by Crippen LogP contribution is 2.26. The number of para-hydroxylation sites is 1. The number of ether oxygens (including phenoxy) is 1. The Morgan fingerprint density at radius 1 is 1.11 bits per heavy atom. The number of phenolic OH excluding ortho intramolecular Hbond substituents is 1. The third kappa shape index (κ3) is 5.30. The molecule has 0 saturated carbocycles. The van der Waals surface area contributed by atoms with Crippen LogP contribution in [0.25, 0.3) is 11.4 Å². The zero-order valence-corrected chi connectivity index (χ0v) is 16.1. The standard InChI is InChI=1S/C22H24N4O2/c1-3-4-13-28-18-11-9-17(10-12-18)15-23-26-21-14-16(2)24-22(25-21)19-7-5-6-8-20(19)27/h5-12,14-15,27H,3-4,13H2,1-2H3,(H,24,25,26)/b23-15+. The van der Waals surface area contributed by atoms with Gasteiger partial charge in [0.05, 0.1) is 18.4 Å². The maximum Gasteiger partial charge on any atom is 0.165 e. The van der Waals surface area contributed by atoms with Gasteiger partial charge in [-0.1, -0.05) is 25.5 Å². The summed E-state index contributed by atoms with van der Waals surface area (Å²) < 4.78 is 5.66. The van der Waals surface area contributed by atoms with Crippen molar-refractivity contribution in [2.45, 2.75) is 26.7 Å². The summed E-state index contributed by atoms with van der Waals surface area (Å²) in [5, 5.41) is 14.3. The Hall–Kier alpha value is -3.41. The second-order valence-electron chi connectivity index (χ2n) is 6.38. The van der Waals surface area contributed by atoms with Crippen LogP contribution in [0.2, 0.25) is 0 Å². The summed E-state index contributed by atoms with van der Waals surface area (Å²) in [4.78, 5) is 8.83. The van der Waals surface area contributed by atoms with Crippen molar-refractivity contribution in [3.05, 3.63) is 65.9 Å². The van der Waals surface area contributed by atoms with Gasteiger partial charge >= 0.3 is 0 Å². The summed E-state index contributed by atoms with van der Waals surface area (Å²) in [5.41, 5.74) is 5.23. The molecular weight excluding hydrogens is 352 g/mol. The van der Waals surface area contributed by atoms with Crippen LogP contribution in [0.15, 0.2) is 59.7 Å². The van der Waals surface area contributed by atoms with E-state index in [1.807, 2.05) is 37.3 Å². The number of hydrogen-bond donors (Lipinski definition) is 2. The van der Waals surface area contributed by atoms with Crippen LogP contribution >= 0.6 is 0 Å². The highest BCUT2D eigenvalue weighted by atomic mass is 16.5. The van der Waals surface area contributed by atoms with Crippen LogP contribution in [0.5, 0.6) is 11.5 Å². The van der Waals surface area contributed by atoms with Crippen molar-refractivity contribution in [2.24, 2.45) is 5.10 Å². The summed E-state index contributed by atoms with van der Waals surface area (Å²) in [6.07, 6.45) is 3.88. The molecule has 0 radical (unpaired) electrons. The molecule has 0 unspecified atom stereocenters. The number of hydrazone groups is 1. The number of aryl methyl sites for hydroxylation is 1. The van der Waals surface area contributed by atoms with Crippen LogP contribution in [-0.2, 0) is 0 Å². The Kier molecular flexibility index (Phi) is 6.57. The Labute approximate surface area is 164 Å². The molecule has 28 heavy (non-hydrogen) atoms. The summed E-state index contributed by atoms with van der Waals surface area (Å²) in [6, 6.07) is 16.6. The van der Waals surface area contributed by atoms with Gasteiger partial charge in [0.2, 0.25) is 0 Å². The number of nitrogens with one attached hydrogen (secondary N) is 1. The molecule has 0 aliphatic carbocycles. The van der Waals surface area contributed by atoms with Crippen LogP contribution in [0.1, 0.15) is 31.0 Å². The second-order valence-corrected chi connectivity index (χ2v) is 6.38. The van der Waals surface area contributed by atoms with E-state index in [0.29, 0.717) is 17.2 Å². The fraction of sp³-hybridized carbons (Fsp3) is 0.227. The van der Waals surface area contributed by atoms with E-state index < -0.39 is 0 Å². The maximum atomic E-state index is 10.0. The lowest BCUT2D eigenvalue weighted by Crippen LogP contribution is -1.99. The Balaban J connectivity index is 1.66. The zero-order chi connectivity index (χ0) is 19.8. The van der Waals surface area contributed by atoms with E-state index in [1.54, 1.807) is 30.5 Å². The number of unbranched alkanes of at least 4 members (excludes halogenated alkanes) is 1. The quantitative estimate of drug-likeness (QED) is 0.336. The van der Waals surface area contributed by atoms with Gasteiger partial charge < -0.3 is 9.84 Å². The van der Waals surface area contributed by atoms with Crippen molar-refractivity contribution >= 4 is 12.0 Å². The minimum atomic E-state index is 0.142. The molecule has 0 amide bonds. The largest absolute Gasteiger partial charge is 0.507 e. The van der Waals surface area contributed by atoms with Crippen molar-refractivity contribution in [1.82, 2.24) is 9.97 Å². The van der Waals surface area contributed by atoms with Crippen molar-refractivity contribution in [1.29, 1.82) is 0 Å². The first-order valence-corrected chi connectivity index (χ1v) is 9.31. The third-order valence-corrected chi connectivity index (χ3v) is 4.04. The molecule has 6 nitrogen and oxygen atoms in total. The van der Waals surface area contributed by atoms with E-state index in [1.165, 1.54) is 0 Å². The Morgan fingerprint density at radius 3 is 2.64 bits per heavy atom. The number of aromatic nitrogens is 2. The molecule has 0 saturated heterocycles. The predicted molar refractivity (Wildman–Crippen MR) is 112 cm³/mol. The van der Waals surface area contributed by atoms with Gasteiger partial charge in [0.15, 0.2) is 11.6 Å². The van der Waals surface area contributed by atoms with Gasteiger partial charge in [0.25, 0.3) is 0 Å². The number of aromatic hydroxyl groups is 1. The normalized spacial score (nSPS) is 10.9. The molecule has 0 fully saturated rings. The fourth-order valence-electron chi connectivity index (χ4n) is 2.57. The number of rotatable bonds is 8. The first-order chi connectivity index (χ1) is 13.7. The van der Waals surface area contributed by atoms with Crippen LogP contribution < -0.4 is 10.2 Å². The molecule has 3 aromatic rings. The predicted octanol–water partition coefficient (Wildman–Crippen LogP) is 4.78. The number of anilines is 1. The van der Waals surface area contributed by atoms with Gasteiger partial charge in [-0.25, -0.2) is 9.97 Å². The summed E-state index contributed by atoms with van der Waals surface area (Å²) in [5.74, 6) is 2.01. The van der Waals surface area contributed by atoms with Crippen LogP contribution in [0.3, 0.4) is 0 Å². The number of nitrogens with zero attached hydrogens (tertiary/aromatic N) is 3. The van der Waals surface area contributed by atoms with E-state index in [4.69, 9.17) is 4.74 Å². The number of benzene rings is 2. The van der Waals surface area contributed by atoms with Crippen LogP contribution in [-0.4, -0.2) is 27.9 Å². The average Bonchev–Trinajstić information content (AvgIpc) is 2.69. The Bertz CT molecular complexity index is 940. The monoisotopic (exact) mass is 376 g/mol. The summed E-state index contributed by atoms with van der Waals surface area (Å²) in [6.45, 7) is 4.75. The molecule has 0 bridgehead atoms. The molecule has 0 spiro atoms. The molecule has 6 heteroatoms. The minimum absolute atomic E-state index is 0.142. The van der Waals surface area contributed by atoms with Crippen molar-refractivity contribution in [2.75, 3.05) is 12.0 Å². The van der Waals surface area contributed by atoms with Crippen molar-refractivity contribution in [3.8, 4) is 22.9 Å². The fourth-order valence-corrected chi connectivity index (χ4v) is 2.57. The van der Waals surface area contributed by atoms with Crippen LogP contribution in [0.4, 0.5) is 5.82 Å². The van der Waals surface area contributed by atoms with E-state index in [-0.39, 0.29) is 5.75 Å². The third-order valence-electron chi connectivity index (χ3n) is 4.04. The van der Waals surface area contributed by atoms with E-state index in [2.05, 4.69) is 27.4 Å². The van der Waals surface area contributed by atoms with E-state index >= 15 is 0 Å². The molecule has 1 aromatic heterocycles. The molecule has 3 rings (SSSR count). The van der Waals surface area contributed by atoms with Gasteiger partial charge in [-0.15, -0.1) is 0 Å². The molecule has 2 N–H and O–H groups in total. The lowest BCUT2D eigenvalue weighted by molar-refractivity contribution is 0.309. The van der Waals surface area contributed by atoms with Gasteiger partial charge in [0, 0.05) is 11.8 Å². The highest BCUT2D eigenvalue weighted by molar-refractivity contribution is 5.80. The lowest BCUT2D eigenvalue weighted by atomic mass is 10.2. The van der Waals surface area contributed by atoms with E-state index in [0.717, 1.165) is 36.5 Å². The number of hydrogen-bond acceptors (Lipinski definition) is 6. The number of phenols is 1. The van der Waals surface area contributed by atoms with Crippen molar-refractivity contribution in [3.63, 3.8) is 0 Å². The molecule has 2 aromatic carbocycles. The molecule has 0 aliphatic heterocycles. The van der Waals surface area contributed by atoms with Gasteiger partial charge in [-0.3, -0.25) is 5.43 Å². The van der Waals surface area contributed by atoms with Crippen molar-refractivity contribution < 1.29 is 9.84 Å². The Morgan fingerprint density at radius 2 is 1.89 bits per heavy atom. The lowest BCUT2D eigenvalue weighted by Gasteiger charge is -2.07. The topological polar surface area (TPSA) is 79.6 Å². The minimum Gasteiger partial charge on any atom is -0.507 e. The molecular formula is C22H24N4O2. The summed E-state index contributed by atoms with van der Waals surface area (Å²) >= 11 is 0. The second kappa shape index (κ2) is 9.50. The van der Waals surface area contributed by atoms with Gasteiger partial charge in [-0.2, -0.15) is 5.10 Å². The summed E-state index contributed by atoms with van der Waals surface area (Å²) in [7, 11) is 0. The molecule has 0 aliphatic rings. The molecule has 0 atom stereocenters. The molecule has 144 valence electrons. The van der Waals surface area contributed by atoms with Gasteiger partial charge in [-0.05, 0) is 55.3 Å². The smallest absolute Gasteiger partial charge is 0.165 e. The average molecular weight is 376 g/mol. The van der Waals surface area contributed by atoms with E-state index in [9.17, 15) is 5.11 Å². The zero-order valence-electron chi connectivity index (χ0n) is 16.1. The first-order valence-electron chi connectivity index (χ1n) is 9.31. The first kappa shape index (κ1) is 19.4. The van der Waals surface area contributed by atoms with Crippen LogP contribution in [0, 0.1) is 6.92 Å². The maximum absolute atomic E-state index is 10.0. The highest BCUT2D eigenvalue weighted by Gasteiger charge is 2.08. The molecule has 1 heterocycles.